The number of nitrogens with zero attached hydrogens (tertiary/aromatic N) is 2. The van der Waals surface area contributed by atoms with Crippen LogP contribution in [0.25, 0.3) is 0 Å². The number of hydrogen-bond donors (Lipinski definition) is 1. The number of carbonyl (C=O) groups excluding carboxylic acids is 1. The van der Waals surface area contributed by atoms with E-state index in [9.17, 15) is 9.59 Å². The summed E-state index contributed by atoms with van der Waals surface area (Å²) >= 11 is 0. The van der Waals surface area contributed by atoms with Crippen LogP contribution in [0.1, 0.15) is 22.6 Å². The minimum absolute atomic E-state index is 0.0555. The van der Waals surface area contributed by atoms with Gasteiger partial charge in [-0.1, -0.05) is 18.2 Å². The van der Waals surface area contributed by atoms with Crippen LogP contribution in [-0.4, -0.2) is 22.6 Å². The maximum atomic E-state index is 12.7. The lowest BCUT2D eigenvalue weighted by Crippen LogP contribution is -2.31. The summed E-state index contributed by atoms with van der Waals surface area (Å²) in [5.74, 6) is 1.41. The Balaban J connectivity index is 1.78. The minimum Gasteiger partial charge on any atom is -0.497 e. The molecule has 0 saturated heterocycles. The van der Waals surface area contributed by atoms with Crippen LogP contribution >= 0.6 is 0 Å². The van der Waals surface area contributed by atoms with E-state index in [0.717, 1.165) is 22.6 Å². The molecule has 2 aromatic carbocycles. The average Bonchev–Trinajstić information content (AvgIpc) is 2.72. The Kier molecular flexibility index (Phi) is 6.51. The Labute approximate surface area is 175 Å². The molecule has 1 heterocycles. The fourth-order valence-electron chi connectivity index (χ4n) is 3.11. The number of carbonyl (C=O) groups is 1. The van der Waals surface area contributed by atoms with E-state index < -0.39 is 0 Å². The molecule has 0 aliphatic rings. The van der Waals surface area contributed by atoms with Gasteiger partial charge in [-0.2, -0.15) is 0 Å². The maximum Gasteiger partial charge on any atom is 0.254 e. The molecule has 1 aromatic heterocycles. The number of aryl methyl sites for hydroxylation is 3. The van der Waals surface area contributed by atoms with E-state index in [2.05, 4.69) is 10.3 Å². The third kappa shape index (κ3) is 5.05. The highest BCUT2D eigenvalue weighted by atomic mass is 16.5. The van der Waals surface area contributed by atoms with Crippen LogP contribution < -0.4 is 20.3 Å². The van der Waals surface area contributed by atoms with Crippen molar-refractivity contribution in [2.24, 2.45) is 0 Å². The Hall–Kier alpha value is -3.61. The SMILES string of the molecule is COc1ccc(OCc2nc(C)cc(=O)n2CC(=O)Nc2c(C)cccc2C)cc1. The number of amides is 1. The molecule has 0 aliphatic carbocycles. The fraction of sp³-hybridized carbons (Fsp3) is 0.261. The van der Waals surface area contributed by atoms with Crippen molar-refractivity contribution in [3.63, 3.8) is 0 Å². The van der Waals surface area contributed by atoms with Crippen molar-refractivity contribution in [2.75, 3.05) is 12.4 Å². The van der Waals surface area contributed by atoms with Gasteiger partial charge >= 0.3 is 0 Å². The van der Waals surface area contributed by atoms with Gasteiger partial charge < -0.3 is 14.8 Å². The fourth-order valence-corrected chi connectivity index (χ4v) is 3.11. The zero-order valence-electron chi connectivity index (χ0n) is 17.6. The van der Waals surface area contributed by atoms with Crippen LogP contribution in [0.3, 0.4) is 0 Å². The van der Waals surface area contributed by atoms with Gasteiger partial charge in [-0.25, -0.2) is 4.98 Å². The van der Waals surface area contributed by atoms with Gasteiger partial charge in [-0.05, 0) is 56.2 Å². The Bertz CT molecular complexity index is 1080. The highest BCUT2D eigenvalue weighted by Gasteiger charge is 2.14. The van der Waals surface area contributed by atoms with Crippen molar-refractivity contribution < 1.29 is 14.3 Å². The largest absolute Gasteiger partial charge is 0.497 e. The molecule has 3 aromatic rings. The lowest BCUT2D eigenvalue weighted by Gasteiger charge is -2.15. The third-order valence-corrected chi connectivity index (χ3v) is 4.69. The van der Waals surface area contributed by atoms with Crippen LogP contribution in [0.5, 0.6) is 11.5 Å². The first kappa shape index (κ1) is 21.1. The normalized spacial score (nSPS) is 10.5. The first-order valence-electron chi connectivity index (χ1n) is 9.57. The molecule has 30 heavy (non-hydrogen) atoms. The van der Waals surface area contributed by atoms with Gasteiger partial charge in [0.2, 0.25) is 5.91 Å². The minimum atomic E-state index is -0.300. The smallest absolute Gasteiger partial charge is 0.254 e. The molecule has 156 valence electrons. The predicted octanol–water partition coefficient (Wildman–Crippen LogP) is 3.39. The molecule has 0 bridgehead atoms. The number of benzene rings is 2. The van der Waals surface area contributed by atoms with E-state index in [4.69, 9.17) is 9.47 Å². The van der Waals surface area contributed by atoms with Crippen molar-refractivity contribution in [1.82, 2.24) is 9.55 Å². The van der Waals surface area contributed by atoms with E-state index in [0.29, 0.717) is 17.3 Å². The Morgan fingerprint density at radius 3 is 2.30 bits per heavy atom. The first-order valence-corrected chi connectivity index (χ1v) is 9.57. The molecule has 1 amide bonds. The van der Waals surface area contributed by atoms with Gasteiger partial charge in [0, 0.05) is 17.4 Å². The van der Waals surface area contributed by atoms with Gasteiger partial charge in [0.1, 0.15) is 30.5 Å². The van der Waals surface area contributed by atoms with Crippen molar-refractivity contribution in [3.05, 3.63) is 81.5 Å². The molecule has 0 unspecified atom stereocenters. The second-order valence-electron chi connectivity index (χ2n) is 7.02. The number of ether oxygens (including phenoxy) is 2. The quantitative estimate of drug-likeness (QED) is 0.649. The highest BCUT2D eigenvalue weighted by molar-refractivity contribution is 5.92. The molecule has 0 fully saturated rings. The third-order valence-electron chi connectivity index (χ3n) is 4.69. The summed E-state index contributed by atoms with van der Waals surface area (Å²) in [6.07, 6.45) is 0. The Morgan fingerprint density at radius 1 is 1.03 bits per heavy atom. The van der Waals surface area contributed by atoms with Crippen molar-refractivity contribution in [1.29, 1.82) is 0 Å². The maximum absolute atomic E-state index is 12.7. The summed E-state index contributed by atoms with van der Waals surface area (Å²) in [4.78, 5) is 29.6. The van der Waals surface area contributed by atoms with Gasteiger partial charge in [0.05, 0.1) is 7.11 Å². The van der Waals surface area contributed by atoms with Gasteiger partial charge in [0.25, 0.3) is 5.56 Å². The topological polar surface area (TPSA) is 82.5 Å². The summed E-state index contributed by atoms with van der Waals surface area (Å²) in [5, 5.41) is 2.90. The number of hydrogen-bond acceptors (Lipinski definition) is 5. The second kappa shape index (κ2) is 9.26. The number of methoxy groups -OCH3 is 1. The van der Waals surface area contributed by atoms with E-state index in [1.165, 1.54) is 10.6 Å². The molecule has 0 spiro atoms. The van der Waals surface area contributed by atoms with Gasteiger partial charge in [0.15, 0.2) is 0 Å². The van der Waals surface area contributed by atoms with Crippen LogP contribution in [0.4, 0.5) is 5.69 Å². The lowest BCUT2D eigenvalue weighted by molar-refractivity contribution is -0.116. The lowest BCUT2D eigenvalue weighted by atomic mass is 10.1. The number of aromatic nitrogens is 2. The van der Waals surface area contributed by atoms with Crippen LogP contribution in [0.15, 0.2) is 53.3 Å². The van der Waals surface area contributed by atoms with Gasteiger partial charge in [-0.15, -0.1) is 0 Å². The van der Waals surface area contributed by atoms with Crippen molar-refractivity contribution >= 4 is 11.6 Å². The van der Waals surface area contributed by atoms with E-state index >= 15 is 0 Å². The van der Waals surface area contributed by atoms with E-state index in [-0.39, 0.29) is 24.6 Å². The summed E-state index contributed by atoms with van der Waals surface area (Å²) in [6, 6.07) is 14.3. The van der Waals surface area contributed by atoms with Gasteiger partial charge in [-0.3, -0.25) is 14.2 Å². The number of nitrogens with one attached hydrogen (secondary N) is 1. The molecule has 7 heteroatoms. The van der Waals surface area contributed by atoms with E-state index in [1.807, 2.05) is 32.0 Å². The number of para-hydroxylation sites is 1. The summed E-state index contributed by atoms with van der Waals surface area (Å²) in [6.45, 7) is 5.49. The number of anilines is 1. The molecular formula is C23H25N3O4. The molecule has 0 saturated carbocycles. The summed E-state index contributed by atoms with van der Waals surface area (Å²) in [5.41, 5.74) is 2.94. The number of rotatable bonds is 7. The Morgan fingerprint density at radius 2 is 1.67 bits per heavy atom. The molecule has 3 rings (SSSR count). The molecule has 0 aliphatic heterocycles. The molecule has 7 nitrogen and oxygen atoms in total. The van der Waals surface area contributed by atoms with Crippen LogP contribution in [0, 0.1) is 20.8 Å². The molecule has 0 radical (unpaired) electrons. The first-order chi connectivity index (χ1) is 14.4. The summed E-state index contributed by atoms with van der Waals surface area (Å²) < 4.78 is 12.2. The zero-order chi connectivity index (χ0) is 21.7. The average molecular weight is 407 g/mol. The summed E-state index contributed by atoms with van der Waals surface area (Å²) in [7, 11) is 1.59. The monoisotopic (exact) mass is 407 g/mol. The second-order valence-corrected chi connectivity index (χ2v) is 7.02. The molecule has 0 atom stereocenters. The zero-order valence-corrected chi connectivity index (χ0v) is 17.6. The van der Waals surface area contributed by atoms with Crippen molar-refractivity contribution in [3.8, 4) is 11.5 Å². The standard InChI is InChI=1S/C23H25N3O4/c1-15-6-5-7-16(2)23(15)25-21(27)13-26-20(24-17(3)12-22(26)28)14-30-19-10-8-18(29-4)9-11-19/h5-12H,13-14H2,1-4H3,(H,25,27). The van der Waals surface area contributed by atoms with Crippen molar-refractivity contribution in [2.45, 2.75) is 33.9 Å². The molecular weight excluding hydrogens is 382 g/mol. The van der Waals surface area contributed by atoms with Crippen LogP contribution in [-0.2, 0) is 17.9 Å². The molecule has 1 N–H and O–H groups in total. The highest BCUT2D eigenvalue weighted by Crippen LogP contribution is 2.20. The predicted molar refractivity (Wildman–Crippen MR) is 115 cm³/mol. The van der Waals surface area contributed by atoms with Crippen LogP contribution in [0.2, 0.25) is 0 Å². The van der Waals surface area contributed by atoms with E-state index in [1.54, 1.807) is 38.3 Å².